The molecule has 0 amide bonds. The van der Waals surface area contributed by atoms with Crippen LogP contribution in [0.2, 0.25) is 0 Å². The van der Waals surface area contributed by atoms with Gasteiger partial charge in [-0.05, 0) is 27.9 Å². The highest BCUT2D eigenvalue weighted by molar-refractivity contribution is 9.10. The molecule has 1 rings (SSSR count). The summed E-state index contributed by atoms with van der Waals surface area (Å²) in [7, 11) is 0. The molecule has 0 aliphatic carbocycles. The van der Waals surface area contributed by atoms with Crippen LogP contribution in [0.1, 0.15) is 12.5 Å². The number of hydrogen-bond acceptors (Lipinski definition) is 2. The zero-order valence-corrected chi connectivity index (χ0v) is 8.47. The highest BCUT2D eigenvalue weighted by Crippen LogP contribution is 2.25. The topological polar surface area (TPSA) is 43.1 Å². The maximum atomic E-state index is 13.2. The summed E-state index contributed by atoms with van der Waals surface area (Å²) in [4.78, 5) is 9.86. The fourth-order valence-corrected chi connectivity index (χ4v) is 1.48. The van der Waals surface area contributed by atoms with Gasteiger partial charge >= 0.3 is 0 Å². The number of nitro benzene ring substituents is 1. The number of non-ortho nitro benzene ring substituents is 1. The second-order valence-electron chi connectivity index (χ2n) is 2.51. The van der Waals surface area contributed by atoms with Crippen LogP contribution in [0.3, 0.4) is 0 Å². The number of halogens is 2. The highest BCUT2D eigenvalue weighted by atomic mass is 79.9. The number of rotatable bonds is 2. The van der Waals surface area contributed by atoms with Gasteiger partial charge in [-0.2, -0.15) is 0 Å². The van der Waals surface area contributed by atoms with Gasteiger partial charge in [-0.1, -0.05) is 6.92 Å². The fourth-order valence-electron chi connectivity index (χ4n) is 0.993. The smallest absolute Gasteiger partial charge is 0.258 e. The standard InChI is InChI=1S/C8H7BrFNO2/c1-2-5-3-6(11(12)13)4-7(9)8(5)10/h3-4H,2H2,1H3. The van der Waals surface area contributed by atoms with Crippen molar-refractivity contribution in [3.05, 3.63) is 38.1 Å². The summed E-state index contributed by atoms with van der Waals surface area (Å²) in [5.74, 6) is -0.423. The zero-order chi connectivity index (χ0) is 10.0. The zero-order valence-electron chi connectivity index (χ0n) is 6.88. The average Bonchev–Trinajstić information content (AvgIpc) is 2.09. The van der Waals surface area contributed by atoms with Crippen LogP contribution >= 0.6 is 15.9 Å². The molecular formula is C8H7BrFNO2. The van der Waals surface area contributed by atoms with Crippen LogP contribution in [0, 0.1) is 15.9 Å². The van der Waals surface area contributed by atoms with Gasteiger partial charge in [0.1, 0.15) is 5.82 Å². The van der Waals surface area contributed by atoms with Crippen molar-refractivity contribution in [3.63, 3.8) is 0 Å². The summed E-state index contributed by atoms with van der Waals surface area (Å²) in [6.07, 6.45) is 0.437. The number of nitro groups is 1. The Morgan fingerprint density at radius 3 is 2.69 bits per heavy atom. The van der Waals surface area contributed by atoms with E-state index < -0.39 is 10.7 Å². The second-order valence-corrected chi connectivity index (χ2v) is 3.37. The van der Waals surface area contributed by atoms with Crippen molar-refractivity contribution in [2.24, 2.45) is 0 Å². The second kappa shape index (κ2) is 3.83. The number of benzene rings is 1. The lowest BCUT2D eigenvalue weighted by molar-refractivity contribution is -0.385. The average molecular weight is 248 g/mol. The van der Waals surface area contributed by atoms with Gasteiger partial charge in [0.15, 0.2) is 0 Å². The lowest BCUT2D eigenvalue weighted by atomic mass is 10.1. The molecule has 13 heavy (non-hydrogen) atoms. The summed E-state index contributed by atoms with van der Waals surface area (Å²) < 4.78 is 13.3. The Morgan fingerprint density at radius 2 is 2.23 bits per heavy atom. The quantitative estimate of drug-likeness (QED) is 0.596. The lowest BCUT2D eigenvalue weighted by Crippen LogP contribution is -1.94. The molecule has 0 unspecified atom stereocenters. The van der Waals surface area contributed by atoms with E-state index in [1.54, 1.807) is 6.92 Å². The summed E-state index contributed by atoms with van der Waals surface area (Å²) in [6.45, 7) is 1.74. The van der Waals surface area contributed by atoms with Crippen LogP contribution in [0.15, 0.2) is 16.6 Å². The van der Waals surface area contributed by atoms with Crippen LogP contribution in [0.25, 0.3) is 0 Å². The van der Waals surface area contributed by atoms with E-state index in [0.29, 0.717) is 12.0 Å². The van der Waals surface area contributed by atoms with Gasteiger partial charge in [-0.25, -0.2) is 4.39 Å². The molecule has 0 aliphatic heterocycles. The van der Waals surface area contributed by atoms with Gasteiger partial charge < -0.3 is 0 Å². The van der Waals surface area contributed by atoms with E-state index in [1.165, 1.54) is 6.07 Å². The molecule has 0 aliphatic rings. The van der Waals surface area contributed by atoms with Gasteiger partial charge in [-0.15, -0.1) is 0 Å². The van der Waals surface area contributed by atoms with Crippen molar-refractivity contribution in [2.75, 3.05) is 0 Å². The number of hydrogen-bond donors (Lipinski definition) is 0. The predicted octanol–water partition coefficient (Wildman–Crippen LogP) is 3.06. The first-order valence-corrected chi connectivity index (χ1v) is 4.48. The normalized spacial score (nSPS) is 10.1. The van der Waals surface area contributed by atoms with E-state index >= 15 is 0 Å². The lowest BCUT2D eigenvalue weighted by Gasteiger charge is -2.01. The fraction of sp³-hybridized carbons (Fsp3) is 0.250. The highest BCUT2D eigenvalue weighted by Gasteiger charge is 2.13. The Kier molecular flexibility index (Phi) is 2.98. The summed E-state index contributed by atoms with van der Waals surface area (Å²) >= 11 is 2.93. The minimum absolute atomic E-state index is 0.0925. The van der Waals surface area contributed by atoms with Crippen molar-refractivity contribution in [2.45, 2.75) is 13.3 Å². The molecule has 0 atom stereocenters. The van der Waals surface area contributed by atoms with E-state index in [1.807, 2.05) is 0 Å². The third-order valence-electron chi connectivity index (χ3n) is 1.68. The van der Waals surface area contributed by atoms with E-state index in [2.05, 4.69) is 15.9 Å². The molecule has 1 aromatic rings. The third-order valence-corrected chi connectivity index (χ3v) is 2.26. The molecule has 0 saturated heterocycles. The molecule has 3 nitrogen and oxygen atoms in total. The molecule has 0 fully saturated rings. The van der Waals surface area contributed by atoms with Crippen LogP contribution in [-0.4, -0.2) is 4.92 Å². The predicted molar refractivity (Wildman–Crippen MR) is 50.1 cm³/mol. The van der Waals surface area contributed by atoms with Crippen molar-refractivity contribution >= 4 is 21.6 Å². The molecule has 0 bridgehead atoms. The van der Waals surface area contributed by atoms with Gasteiger partial charge in [0.2, 0.25) is 0 Å². The van der Waals surface area contributed by atoms with Gasteiger partial charge in [-0.3, -0.25) is 10.1 Å². The molecule has 1 aromatic carbocycles. The molecule has 0 radical (unpaired) electrons. The van der Waals surface area contributed by atoms with E-state index in [0.717, 1.165) is 6.07 Å². The van der Waals surface area contributed by atoms with E-state index in [9.17, 15) is 14.5 Å². The molecular weight excluding hydrogens is 241 g/mol. The number of nitrogens with zero attached hydrogens (tertiary/aromatic N) is 1. The van der Waals surface area contributed by atoms with Crippen molar-refractivity contribution in [1.82, 2.24) is 0 Å². The first kappa shape index (κ1) is 10.1. The van der Waals surface area contributed by atoms with Crippen molar-refractivity contribution < 1.29 is 9.31 Å². The SMILES string of the molecule is CCc1cc([N+](=O)[O-])cc(Br)c1F. The first-order chi connectivity index (χ1) is 6.06. The van der Waals surface area contributed by atoms with Crippen molar-refractivity contribution in [3.8, 4) is 0 Å². The minimum atomic E-state index is -0.538. The molecule has 0 N–H and O–H groups in total. The van der Waals surface area contributed by atoms with Crippen LogP contribution < -0.4 is 0 Å². The van der Waals surface area contributed by atoms with E-state index in [-0.39, 0.29) is 10.2 Å². The van der Waals surface area contributed by atoms with E-state index in [4.69, 9.17) is 0 Å². The monoisotopic (exact) mass is 247 g/mol. The van der Waals surface area contributed by atoms with Crippen LogP contribution in [0.4, 0.5) is 10.1 Å². The molecule has 70 valence electrons. The summed E-state index contributed by atoms with van der Waals surface area (Å²) in [5, 5.41) is 10.4. The largest absolute Gasteiger partial charge is 0.271 e. The Hall–Kier alpha value is -0.970. The molecule has 5 heteroatoms. The first-order valence-electron chi connectivity index (χ1n) is 3.68. The maximum absolute atomic E-state index is 13.2. The van der Waals surface area contributed by atoms with Gasteiger partial charge in [0.05, 0.1) is 9.40 Å². The summed E-state index contributed by atoms with van der Waals surface area (Å²) in [5.41, 5.74) is 0.256. The van der Waals surface area contributed by atoms with Crippen molar-refractivity contribution in [1.29, 1.82) is 0 Å². The molecule has 0 spiro atoms. The summed E-state index contributed by atoms with van der Waals surface area (Å²) in [6, 6.07) is 2.41. The molecule has 0 heterocycles. The molecule has 0 aromatic heterocycles. The Bertz CT molecular complexity index is 354. The maximum Gasteiger partial charge on any atom is 0.271 e. The number of aryl methyl sites for hydroxylation is 1. The van der Waals surface area contributed by atoms with Gasteiger partial charge in [0, 0.05) is 12.1 Å². The molecule has 0 saturated carbocycles. The van der Waals surface area contributed by atoms with Crippen LogP contribution in [-0.2, 0) is 6.42 Å². The van der Waals surface area contributed by atoms with Crippen LogP contribution in [0.5, 0.6) is 0 Å². The minimum Gasteiger partial charge on any atom is -0.258 e. The Balaban J connectivity index is 3.30. The Labute approximate surface area is 82.8 Å². The third kappa shape index (κ3) is 2.03. The Morgan fingerprint density at radius 1 is 1.62 bits per heavy atom. The van der Waals surface area contributed by atoms with Gasteiger partial charge in [0.25, 0.3) is 5.69 Å².